The summed E-state index contributed by atoms with van der Waals surface area (Å²) in [6, 6.07) is 0. The number of hydrogen-bond donors (Lipinski definition) is 4. The third-order valence-electron chi connectivity index (χ3n) is 2.48. The van der Waals surface area contributed by atoms with Gasteiger partial charge in [0.25, 0.3) is 10.5 Å². The van der Waals surface area contributed by atoms with Crippen LogP contribution < -0.4 is 10.6 Å². The van der Waals surface area contributed by atoms with Crippen LogP contribution in [0.3, 0.4) is 0 Å². The number of nitrogens with one attached hydrogen (secondary N) is 2. The molecule has 0 aromatic heterocycles. The summed E-state index contributed by atoms with van der Waals surface area (Å²) in [4.78, 5) is 31.1. The highest BCUT2D eigenvalue weighted by Gasteiger charge is 2.03. The molecule has 33 heavy (non-hydrogen) atoms. The molecule has 0 aliphatic rings. The molecule has 2 amide bonds. The van der Waals surface area contributed by atoms with Gasteiger partial charge in [-0.3, -0.25) is 28.0 Å². The van der Waals surface area contributed by atoms with E-state index in [4.69, 9.17) is 10.2 Å². The van der Waals surface area contributed by atoms with Gasteiger partial charge >= 0.3 is 0 Å². The maximum absolute atomic E-state index is 11.8. The number of aliphatic hydroxyl groups excluding tert-OH is 2. The van der Waals surface area contributed by atoms with Crippen LogP contribution in [0.4, 0.5) is 9.59 Å². The highest BCUT2D eigenvalue weighted by molar-refractivity contribution is 8.27. The van der Waals surface area contributed by atoms with Gasteiger partial charge in [-0.15, -0.1) is 58.8 Å². The SMILES string of the molecule is O=C(NCSCN=CS(=O)CSCSC(=O)NCSCN=CS(=O)CSCO)SCSCO. The molecule has 0 aromatic carbocycles. The fraction of sp³-hybridized carbons (Fsp3) is 0.714. The van der Waals surface area contributed by atoms with Crippen LogP contribution >= 0.6 is 82.3 Å². The second-order valence-electron chi connectivity index (χ2n) is 4.85. The summed E-state index contributed by atoms with van der Waals surface area (Å²) in [6.45, 7) is 0. The van der Waals surface area contributed by atoms with Crippen LogP contribution in [0.1, 0.15) is 0 Å². The van der Waals surface area contributed by atoms with Gasteiger partial charge in [-0.2, -0.15) is 0 Å². The maximum Gasteiger partial charge on any atom is 0.280 e. The first-order valence-electron chi connectivity index (χ1n) is 8.65. The van der Waals surface area contributed by atoms with Crippen molar-refractivity contribution in [1.29, 1.82) is 0 Å². The Morgan fingerprint density at radius 3 is 1.67 bits per heavy atom. The lowest BCUT2D eigenvalue weighted by Gasteiger charge is -2.03. The molecule has 0 saturated carbocycles. The van der Waals surface area contributed by atoms with E-state index in [1.54, 1.807) is 0 Å². The molecule has 0 aliphatic carbocycles. The van der Waals surface area contributed by atoms with Crippen molar-refractivity contribution in [3.8, 4) is 0 Å². The van der Waals surface area contributed by atoms with Crippen LogP contribution in [0, 0.1) is 0 Å². The molecule has 0 aliphatic heterocycles. The van der Waals surface area contributed by atoms with Crippen molar-refractivity contribution >= 4 is 126 Å². The van der Waals surface area contributed by atoms with Gasteiger partial charge in [0.2, 0.25) is 0 Å². The van der Waals surface area contributed by atoms with Gasteiger partial charge in [0.1, 0.15) is 0 Å². The van der Waals surface area contributed by atoms with Gasteiger partial charge in [0.05, 0.1) is 83.3 Å². The largest absolute Gasteiger partial charge is 0.386 e. The minimum absolute atomic E-state index is 0.0144. The number of aliphatic hydroxyl groups is 2. The molecule has 0 aromatic rings. The molecule has 0 saturated heterocycles. The van der Waals surface area contributed by atoms with Crippen LogP contribution in [0.5, 0.6) is 0 Å². The Labute approximate surface area is 228 Å². The Hall–Kier alpha value is 0.950. The molecule has 192 valence electrons. The van der Waals surface area contributed by atoms with E-state index >= 15 is 0 Å². The van der Waals surface area contributed by atoms with E-state index in [0.29, 0.717) is 43.8 Å². The van der Waals surface area contributed by atoms with Gasteiger partial charge in [-0.05, 0) is 0 Å². The van der Waals surface area contributed by atoms with Gasteiger partial charge in [-0.25, -0.2) is 0 Å². The standard InChI is InChI=1S/C14H26N4O6S9/c19-7-27-9-30-13(21)17-3-26-2-16-6-33(24)12-29-10-31-14(22)18-4-25-1-15-5-32(23)11-28-8-20/h5-6,19-20H,1-4,7-12H2,(H,17,21)(H,18,22). The molecule has 10 nitrogen and oxygen atoms in total. The topological polar surface area (TPSA) is 158 Å². The van der Waals surface area contributed by atoms with E-state index in [9.17, 15) is 18.0 Å². The first-order valence-corrected chi connectivity index (χ1v) is 19.2. The Morgan fingerprint density at radius 1 is 0.727 bits per heavy atom. The molecular weight excluding hydrogens is 609 g/mol. The zero-order valence-corrected chi connectivity index (χ0v) is 24.7. The molecule has 0 spiro atoms. The van der Waals surface area contributed by atoms with Crippen LogP contribution in [0.25, 0.3) is 0 Å². The predicted octanol–water partition coefficient (Wildman–Crippen LogP) is 2.65. The summed E-state index contributed by atoms with van der Waals surface area (Å²) in [5.41, 5.74) is 2.70. The van der Waals surface area contributed by atoms with Crippen LogP contribution in [0.2, 0.25) is 0 Å². The van der Waals surface area contributed by atoms with Crippen molar-refractivity contribution in [2.45, 2.75) is 0 Å². The second kappa shape index (κ2) is 26.0. The van der Waals surface area contributed by atoms with E-state index in [0.717, 1.165) is 35.3 Å². The van der Waals surface area contributed by atoms with E-state index < -0.39 is 21.6 Å². The fourth-order valence-electron chi connectivity index (χ4n) is 1.27. The Kier molecular flexibility index (Phi) is 26.8. The zero-order chi connectivity index (χ0) is 24.6. The average molecular weight is 635 g/mol. The smallest absolute Gasteiger partial charge is 0.280 e. The van der Waals surface area contributed by atoms with Crippen LogP contribution in [-0.2, 0) is 21.6 Å². The van der Waals surface area contributed by atoms with Crippen molar-refractivity contribution in [1.82, 2.24) is 10.6 Å². The summed E-state index contributed by atoms with van der Waals surface area (Å²) in [5, 5.41) is 23.9. The second-order valence-corrected chi connectivity index (χ2v) is 15.5. The third kappa shape index (κ3) is 25.8. The van der Waals surface area contributed by atoms with Gasteiger partial charge in [-0.1, -0.05) is 23.5 Å². The lowest BCUT2D eigenvalue weighted by molar-refractivity contribution is 0.261. The lowest BCUT2D eigenvalue weighted by Crippen LogP contribution is -2.18. The number of amides is 2. The van der Waals surface area contributed by atoms with Crippen LogP contribution in [0.15, 0.2) is 9.98 Å². The number of nitrogens with zero attached hydrogens (tertiary/aromatic N) is 2. The highest BCUT2D eigenvalue weighted by Crippen LogP contribution is 2.14. The molecule has 4 N–H and O–H groups in total. The van der Waals surface area contributed by atoms with E-state index in [1.165, 1.54) is 58.1 Å². The number of rotatable bonds is 20. The zero-order valence-electron chi connectivity index (χ0n) is 17.3. The number of hydrogen-bond acceptors (Lipinski definition) is 15. The minimum atomic E-state index is -1.24. The summed E-state index contributed by atoms with van der Waals surface area (Å²) in [5.74, 6) is 1.44. The summed E-state index contributed by atoms with van der Waals surface area (Å²) in [7, 11) is -2.44. The summed E-state index contributed by atoms with van der Waals surface area (Å²) < 4.78 is 23.2. The van der Waals surface area contributed by atoms with Crippen molar-refractivity contribution in [2.24, 2.45) is 9.98 Å². The number of aliphatic imine (C=N–C) groups is 2. The minimum Gasteiger partial charge on any atom is -0.386 e. The van der Waals surface area contributed by atoms with Crippen molar-refractivity contribution in [3.05, 3.63) is 0 Å². The summed E-state index contributed by atoms with van der Waals surface area (Å²) in [6.07, 6.45) is 0. The first-order chi connectivity index (χ1) is 16.0. The van der Waals surface area contributed by atoms with Gasteiger partial charge in [0.15, 0.2) is 0 Å². The van der Waals surface area contributed by atoms with Crippen molar-refractivity contribution < 1.29 is 28.2 Å². The molecule has 0 heterocycles. The molecule has 2 atom stereocenters. The van der Waals surface area contributed by atoms with Crippen molar-refractivity contribution in [2.75, 3.05) is 55.7 Å². The Bertz CT molecular complexity index is 644. The van der Waals surface area contributed by atoms with Gasteiger partial charge in [0, 0.05) is 5.08 Å². The molecule has 0 radical (unpaired) electrons. The fourth-order valence-corrected chi connectivity index (χ4v) is 8.28. The predicted molar refractivity (Wildman–Crippen MR) is 157 cm³/mol. The highest BCUT2D eigenvalue weighted by atomic mass is 32.2. The molecule has 19 heteroatoms. The van der Waals surface area contributed by atoms with Crippen molar-refractivity contribution in [3.63, 3.8) is 0 Å². The first kappa shape index (κ1) is 34.0. The van der Waals surface area contributed by atoms with Crippen LogP contribution in [-0.4, -0.2) is 95.9 Å². The molecule has 0 bridgehead atoms. The van der Waals surface area contributed by atoms with E-state index in [2.05, 4.69) is 20.6 Å². The monoisotopic (exact) mass is 634 g/mol. The lowest BCUT2D eigenvalue weighted by atomic mass is 11.2. The average Bonchev–Trinajstić information content (AvgIpc) is 2.80. The number of carbonyl (C=O) groups excluding carboxylic acids is 2. The number of carbonyl (C=O) groups is 2. The van der Waals surface area contributed by atoms with E-state index in [-0.39, 0.29) is 22.4 Å². The molecular formula is C14H26N4O6S9. The van der Waals surface area contributed by atoms with E-state index in [1.807, 2.05) is 0 Å². The number of thioether (sulfide) groups is 7. The Balaban J connectivity index is 3.59. The Morgan fingerprint density at radius 2 is 1.18 bits per heavy atom. The molecule has 2 unspecified atom stereocenters. The molecule has 0 fully saturated rings. The quantitative estimate of drug-likeness (QED) is 0.0671. The van der Waals surface area contributed by atoms with Gasteiger partial charge < -0.3 is 20.8 Å². The third-order valence-corrected chi connectivity index (χ3v) is 11.3. The summed E-state index contributed by atoms with van der Waals surface area (Å²) >= 11 is 8.70. The maximum atomic E-state index is 11.8. The molecule has 0 rings (SSSR count). The normalized spacial score (nSPS) is 13.4.